The fourth-order valence-electron chi connectivity index (χ4n) is 9.72. The van der Waals surface area contributed by atoms with Crippen LogP contribution >= 0.6 is 0 Å². The molecular weight excluding hydrogens is 921 g/mol. The van der Waals surface area contributed by atoms with Crippen molar-refractivity contribution in [3.63, 3.8) is 0 Å². The zero-order valence-corrected chi connectivity index (χ0v) is 44.3. The number of unbranched alkanes of at least 4 members (excludes halogenated alkanes) is 38. The molecule has 0 fully saturated rings. The molecule has 15 heteroatoms. The highest BCUT2D eigenvalue weighted by Gasteiger charge is 2.66. The average molecular weight is 1020 g/mol. The Labute approximate surface area is 411 Å². The molecule has 0 saturated carbocycles. The first-order chi connectivity index (χ1) is 32.6. The summed E-state index contributed by atoms with van der Waals surface area (Å²) in [5.74, 6) is 0. The van der Waals surface area contributed by atoms with E-state index in [9.17, 15) is 43.2 Å². The summed E-state index contributed by atoms with van der Waals surface area (Å²) in [5.41, 5.74) is -12.2. The molecule has 0 radical (unpaired) electrons. The van der Waals surface area contributed by atoms with Crippen LogP contribution in [0.1, 0.15) is 271 Å². The number of para-hydroxylation sites is 2. The summed E-state index contributed by atoms with van der Waals surface area (Å²) in [6.07, 6.45) is 43.4. The SMILES string of the molecule is CCCCCCCCCCCCCCCCCCCCCCN1c2ccccc2N(CCCCCCCCCCCCCCCCCCCCCC)C1N(S(=O)(=O)C(F)(F)F)S(=O)(=O)C(F)(F)F. The van der Waals surface area contributed by atoms with Gasteiger partial charge in [0.1, 0.15) is 0 Å². The van der Waals surface area contributed by atoms with Gasteiger partial charge in [0.15, 0.2) is 6.29 Å². The van der Waals surface area contributed by atoms with Gasteiger partial charge in [0.2, 0.25) is 0 Å². The number of halogens is 6. The maximum absolute atomic E-state index is 14.2. The summed E-state index contributed by atoms with van der Waals surface area (Å²) < 4.78 is 136. The third-order valence-corrected chi connectivity index (χ3v) is 17.5. The van der Waals surface area contributed by atoms with Crippen LogP contribution in [0.5, 0.6) is 0 Å². The molecule has 0 N–H and O–H groups in total. The van der Waals surface area contributed by atoms with Gasteiger partial charge >= 0.3 is 31.1 Å². The minimum Gasteiger partial charge on any atom is -0.335 e. The molecule has 1 heterocycles. The third-order valence-electron chi connectivity index (χ3n) is 13.8. The third kappa shape index (κ3) is 24.1. The molecule has 0 aliphatic carbocycles. The molecule has 400 valence electrons. The summed E-state index contributed by atoms with van der Waals surface area (Å²) in [6.45, 7) is 4.22. The predicted molar refractivity (Wildman–Crippen MR) is 273 cm³/mol. The Morgan fingerprint density at radius 2 is 0.559 bits per heavy atom. The minimum absolute atomic E-state index is 0.131. The van der Waals surface area contributed by atoms with Crippen molar-refractivity contribution < 1.29 is 43.2 Å². The molecule has 0 atom stereocenters. The zero-order chi connectivity index (χ0) is 50.0. The maximum atomic E-state index is 14.2. The van der Waals surface area contributed by atoms with Gasteiger partial charge in [0, 0.05) is 13.1 Å². The van der Waals surface area contributed by atoms with Crippen molar-refractivity contribution in [1.29, 1.82) is 0 Å². The highest BCUT2D eigenvalue weighted by molar-refractivity contribution is 8.04. The number of hydrogen-bond acceptors (Lipinski definition) is 6. The fraction of sp³-hybridized carbons (Fsp3) is 0.887. The van der Waals surface area contributed by atoms with Crippen molar-refractivity contribution in [1.82, 2.24) is 3.71 Å². The summed E-state index contributed by atoms with van der Waals surface area (Å²) in [5, 5.41) is 0. The van der Waals surface area contributed by atoms with Crippen LogP contribution in [0.2, 0.25) is 0 Å². The smallest absolute Gasteiger partial charge is 0.335 e. The lowest BCUT2D eigenvalue weighted by Crippen LogP contribution is -2.63. The number of anilines is 2. The molecule has 0 amide bonds. The van der Waals surface area contributed by atoms with Gasteiger partial charge < -0.3 is 9.80 Å². The highest BCUT2D eigenvalue weighted by Crippen LogP contribution is 2.46. The van der Waals surface area contributed by atoms with Gasteiger partial charge in [-0.05, 0) is 28.7 Å². The molecule has 1 aromatic rings. The van der Waals surface area contributed by atoms with Crippen LogP contribution in [0.3, 0.4) is 0 Å². The Morgan fingerprint density at radius 3 is 0.750 bits per heavy atom. The first kappa shape index (κ1) is 62.4. The van der Waals surface area contributed by atoms with Gasteiger partial charge in [-0.1, -0.05) is 270 Å². The summed E-state index contributed by atoms with van der Waals surface area (Å²) in [4.78, 5) is 2.21. The molecule has 1 aliphatic rings. The number of fused-ring (bicyclic) bond motifs is 1. The standard InChI is InChI=1S/C53H95F6N3O4S2/c1-3-5-7-9-11-13-15-17-19-21-23-25-27-29-31-33-35-37-39-43-47-60-49-45-41-42-46-50(49)61(51(60)62(67(63,64)52(54,55)56)68(65,66)53(57,58)59)48-44-40-38-36-34-32-30-28-26-24-22-20-18-16-14-12-10-8-6-4-2/h41-42,45-46,51H,3-40,43-44,47-48H2,1-2H3. The van der Waals surface area contributed by atoms with Crippen LogP contribution in [0.4, 0.5) is 37.7 Å². The Balaban J connectivity index is 1.87. The maximum Gasteiger partial charge on any atom is 0.512 e. The van der Waals surface area contributed by atoms with Crippen LogP contribution in [0.15, 0.2) is 24.3 Å². The second-order valence-electron chi connectivity index (χ2n) is 19.8. The lowest BCUT2D eigenvalue weighted by molar-refractivity contribution is -0.0544. The molecule has 7 nitrogen and oxygen atoms in total. The van der Waals surface area contributed by atoms with E-state index in [4.69, 9.17) is 0 Å². The van der Waals surface area contributed by atoms with Gasteiger partial charge in [-0.25, -0.2) is 16.8 Å². The monoisotopic (exact) mass is 1020 g/mol. The molecule has 0 saturated heterocycles. The van der Waals surface area contributed by atoms with E-state index in [0.29, 0.717) is 25.7 Å². The predicted octanol–water partition coefficient (Wildman–Crippen LogP) is 18.2. The van der Waals surface area contributed by atoms with Gasteiger partial charge in [-0.3, -0.25) is 0 Å². The number of benzene rings is 1. The second kappa shape index (κ2) is 36.2. The van der Waals surface area contributed by atoms with Gasteiger partial charge in [0.25, 0.3) is 0 Å². The Hall–Kier alpha value is -1.74. The number of rotatable bonds is 45. The van der Waals surface area contributed by atoms with Crippen molar-refractivity contribution in [2.75, 3.05) is 22.9 Å². The van der Waals surface area contributed by atoms with Gasteiger partial charge in [-0.15, -0.1) is 0 Å². The molecule has 1 aromatic carbocycles. The number of hydrogen-bond donors (Lipinski definition) is 0. The van der Waals surface area contributed by atoms with E-state index < -0.39 is 41.1 Å². The van der Waals surface area contributed by atoms with E-state index in [1.54, 1.807) is 12.1 Å². The largest absolute Gasteiger partial charge is 0.512 e. The molecule has 68 heavy (non-hydrogen) atoms. The van der Waals surface area contributed by atoms with E-state index >= 15 is 0 Å². The molecule has 1 aliphatic heterocycles. The topological polar surface area (TPSA) is 78.0 Å². The van der Waals surface area contributed by atoms with E-state index in [-0.39, 0.29) is 24.5 Å². The van der Waals surface area contributed by atoms with Gasteiger partial charge in [-0.2, -0.15) is 26.3 Å². The molecule has 0 unspecified atom stereocenters. The highest BCUT2D eigenvalue weighted by atomic mass is 32.3. The Bertz CT molecular complexity index is 1500. The van der Waals surface area contributed by atoms with E-state index in [0.717, 1.165) is 74.0 Å². The number of alkyl halides is 6. The first-order valence-electron chi connectivity index (χ1n) is 27.7. The Morgan fingerprint density at radius 1 is 0.368 bits per heavy atom. The molecule has 2 rings (SSSR count). The van der Waals surface area contributed by atoms with Crippen LogP contribution in [0.25, 0.3) is 0 Å². The summed E-state index contributed by atoms with van der Waals surface area (Å²) in [7, 11) is -14.1. The summed E-state index contributed by atoms with van der Waals surface area (Å²) >= 11 is 0. The van der Waals surface area contributed by atoms with Crippen molar-refractivity contribution in [3.05, 3.63) is 24.3 Å². The van der Waals surface area contributed by atoms with Crippen molar-refractivity contribution >= 4 is 31.4 Å². The fourth-order valence-corrected chi connectivity index (χ4v) is 12.6. The molecule has 0 spiro atoms. The van der Waals surface area contributed by atoms with E-state index in [2.05, 4.69) is 13.8 Å². The lowest BCUT2D eigenvalue weighted by Gasteiger charge is -2.39. The van der Waals surface area contributed by atoms with Crippen LogP contribution in [-0.4, -0.2) is 50.9 Å². The second-order valence-corrected chi connectivity index (χ2v) is 23.6. The van der Waals surface area contributed by atoms with E-state index in [1.807, 2.05) is 0 Å². The molecule has 0 aromatic heterocycles. The van der Waals surface area contributed by atoms with Gasteiger partial charge in [0.05, 0.1) is 11.4 Å². The first-order valence-corrected chi connectivity index (χ1v) is 30.5. The van der Waals surface area contributed by atoms with Crippen molar-refractivity contribution in [2.45, 2.75) is 288 Å². The number of sulfonamides is 2. The molecule has 0 bridgehead atoms. The van der Waals surface area contributed by atoms with Crippen LogP contribution in [0, 0.1) is 0 Å². The minimum atomic E-state index is -7.03. The quantitative estimate of drug-likeness (QED) is 0.0478. The van der Waals surface area contributed by atoms with Crippen molar-refractivity contribution in [3.8, 4) is 0 Å². The zero-order valence-electron chi connectivity index (χ0n) is 42.6. The Kier molecular flexibility index (Phi) is 33.2. The van der Waals surface area contributed by atoms with E-state index in [1.165, 1.54) is 179 Å². The van der Waals surface area contributed by atoms with Crippen molar-refractivity contribution in [2.24, 2.45) is 0 Å². The summed E-state index contributed by atoms with van der Waals surface area (Å²) in [6, 6.07) is 6.11. The lowest BCUT2D eigenvalue weighted by atomic mass is 10.0. The normalized spacial score (nSPS) is 14.0. The molecular formula is C53H95F6N3O4S2. The van der Waals surface area contributed by atoms with Crippen LogP contribution in [-0.2, 0) is 20.0 Å². The van der Waals surface area contributed by atoms with Crippen LogP contribution < -0.4 is 9.80 Å². The average Bonchev–Trinajstić information content (AvgIpc) is 3.58. The number of nitrogens with zero attached hydrogens (tertiary/aromatic N) is 3.